The highest BCUT2D eigenvalue weighted by atomic mass is 16.5. The summed E-state index contributed by atoms with van der Waals surface area (Å²) in [5.74, 6) is 0.246. The highest BCUT2D eigenvalue weighted by Gasteiger charge is 2.04. The molecule has 0 unspecified atom stereocenters. The van der Waals surface area contributed by atoms with E-state index in [1.54, 1.807) is 6.07 Å². The van der Waals surface area contributed by atoms with Gasteiger partial charge < -0.3 is 15.2 Å². The lowest BCUT2D eigenvalue weighted by Gasteiger charge is -2.06. The van der Waals surface area contributed by atoms with Crippen LogP contribution in [0.4, 0.5) is 4.79 Å². The normalized spacial score (nSPS) is 10.9. The molecule has 0 fully saturated rings. The van der Waals surface area contributed by atoms with Crippen LogP contribution < -0.4 is 5.32 Å². The maximum atomic E-state index is 11.7. The fourth-order valence-electron chi connectivity index (χ4n) is 2.69. The summed E-state index contributed by atoms with van der Waals surface area (Å²) in [6, 6.07) is 21.1. The van der Waals surface area contributed by atoms with E-state index in [1.807, 2.05) is 72.8 Å². The zero-order chi connectivity index (χ0) is 18.2. The van der Waals surface area contributed by atoms with E-state index in [4.69, 9.17) is 4.74 Å². The Hall–Kier alpha value is -3.27. The molecule has 3 aromatic carbocycles. The Bertz CT molecular complexity index is 904. The Morgan fingerprint density at radius 1 is 1.00 bits per heavy atom. The molecule has 3 rings (SSSR count). The molecule has 132 valence electrons. The molecule has 4 heteroatoms. The highest BCUT2D eigenvalue weighted by Crippen LogP contribution is 2.28. The first-order valence-corrected chi connectivity index (χ1v) is 8.56. The van der Waals surface area contributed by atoms with Crippen LogP contribution in [0.15, 0.2) is 72.8 Å². The lowest BCUT2D eigenvalue weighted by molar-refractivity contribution is 0.140. The van der Waals surface area contributed by atoms with Crippen LogP contribution >= 0.6 is 0 Å². The summed E-state index contributed by atoms with van der Waals surface area (Å²) in [6.07, 6.45) is 4.02. The Morgan fingerprint density at radius 2 is 1.77 bits per heavy atom. The van der Waals surface area contributed by atoms with Crippen molar-refractivity contribution in [3.8, 4) is 5.75 Å². The lowest BCUT2D eigenvalue weighted by atomic mass is 10.0. The van der Waals surface area contributed by atoms with Crippen LogP contribution in [0, 0.1) is 0 Å². The zero-order valence-electron chi connectivity index (χ0n) is 14.4. The molecule has 0 spiro atoms. The van der Waals surface area contributed by atoms with Crippen molar-refractivity contribution in [1.29, 1.82) is 0 Å². The van der Waals surface area contributed by atoms with Gasteiger partial charge in [0, 0.05) is 12.1 Å². The van der Waals surface area contributed by atoms with Gasteiger partial charge in [-0.25, -0.2) is 4.79 Å². The third-order valence-corrected chi connectivity index (χ3v) is 4.03. The second-order valence-electron chi connectivity index (χ2n) is 5.90. The minimum Gasteiger partial charge on any atom is -0.507 e. The molecule has 26 heavy (non-hydrogen) atoms. The van der Waals surface area contributed by atoms with Gasteiger partial charge in [0.25, 0.3) is 0 Å². The standard InChI is InChI=1S/C22H21NO3/c24-21-14-13-18-10-4-5-11-19(18)20(21)12-6-7-15-23-22(25)26-16-17-8-2-1-3-9-17/h1-6,8-14,24H,7,15-16H2,(H,23,25). The summed E-state index contributed by atoms with van der Waals surface area (Å²) in [5, 5.41) is 14.9. The summed E-state index contributed by atoms with van der Waals surface area (Å²) < 4.78 is 5.16. The van der Waals surface area contributed by atoms with Crippen molar-refractivity contribution in [2.24, 2.45) is 0 Å². The van der Waals surface area contributed by atoms with E-state index in [-0.39, 0.29) is 12.4 Å². The van der Waals surface area contributed by atoms with Crippen molar-refractivity contribution in [2.45, 2.75) is 13.0 Å². The predicted octanol–water partition coefficient (Wildman–Crippen LogP) is 4.88. The molecule has 4 nitrogen and oxygen atoms in total. The summed E-state index contributed by atoms with van der Waals surface area (Å²) in [6.45, 7) is 0.724. The number of benzene rings is 3. The number of aromatic hydroxyl groups is 1. The summed E-state index contributed by atoms with van der Waals surface area (Å²) in [5.41, 5.74) is 1.74. The van der Waals surface area contributed by atoms with Crippen LogP contribution in [0.5, 0.6) is 5.75 Å². The lowest BCUT2D eigenvalue weighted by Crippen LogP contribution is -2.24. The molecule has 0 aliphatic heterocycles. The zero-order valence-corrected chi connectivity index (χ0v) is 14.4. The molecule has 0 atom stereocenters. The van der Waals surface area contributed by atoms with Crippen LogP contribution in [-0.2, 0) is 11.3 Å². The van der Waals surface area contributed by atoms with E-state index in [0.717, 1.165) is 21.9 Å². The van der Waals surface area contributed by atoms with E-state index in [2.05, 4.69) is 5.32 Å². The number of amides is 1. The SMILES string of the molecule is O=C(NCCC=Cc1c(O)ccc2ccccc12)OCc1ccccc1. The summed E-state index contributed by atoms with van der Waals surface area (Å²) >= 11 is 0. The number of hydrogen-bond donors (Lipinski definition) is 2. The predicted molar refractivity (Wildman–Crippen MR) is 104 cm³/mol. The third-order valence-electron chi connectivity index (χ3n) is 4.03. The van der Waals surface area contributed by atoms with Gasteiger partial charge in [-0.15, -0.1) is 0 Å². The van der Waals surface area contributed by atoms with Crippen molar-refractivity contribution in [1.82, 2.24) is 5.32 Å². The Labute approximate surface area is 152 Å². The Balaban J connectivity index is 1.48. The number of phenolic OH excluding ortho intramolecular Hbond substituents is 1. The first-order chi connectivity index (χ1) is 12.7. The molecular weight excluding hydrogens is 326 g/mol. The van der Waals surface area contributed by atoms with Crippen LogP contribution in [-0.4, -0.2) is 17.7 Å². The van der Waals surface area contributed by atoms with Crippen molar-refractivity contribution < 1.29 is 14.6 Å². The van der Waals surface area contributed by atoms with Crippen molar-refractivity contribution in [2.75, 3.05) is 6.54 Å². The first-order valence-electron chi connectivity index (χ1n) is 8.56. The van der Waals surface area contributed by atoms with Gasteiger partial charge in [0.2, 0.25) is 0 Å². The van der Waals surface area contributed by atoms with E-state index < -0.39 is 6.09 Å². The largest absolute Gasteiger partial charge is 0.507 e. The monoisotopic (exact) mass is 347 g/mol. The fourth-order valence-corrected chi connectivity index (χ4v) is 2.69. The molecule has 3 aromatic rings. The second kappa shape index (κ2) is 8.72. The molecule has 0 aliphatic rings. The van der Waals surface area contributed by atoms with Gasteiger partial charge in [0.1, 0.15) is 12.4 Å². The van der Waals surface area contributed by atoms with Gasteiger partial charge in [0.15, 0.2) is 0 Å². The molecule has 0 heterocycles. The van der Waals surface area contributed by atoms with Crippen LogP contribution in [0.25, 0.3) is 16.8 Å². The molecule has 0 bridgehead atoms. The number of carbonyl (C=O) groups excluding carboxylic acids is 1. The number of ether oxygens (including phenoxy) is 1. The minimum atomic E-state index is -0.435. The van der Waals surface area contributed by atoms with E-state index >= 15 is 0 Å². The smallest absolute Gasteiger partial charge is 0.407 e. The maximum Gasteiger partial charge on any atom is 0.407 e. The van der Waals surface area contributed by atoms with Crippen molar-refractivity contribution in [3.63, 3.8) is 0 Å². The maximum absolute atomic E-state index is 11.7. The van der Waals surface area contributed by atoms with Crippen LogP contribution in [0.2, 0.25) is 0 Å². The number of nitrogens with one attached hydrogen (secondary N) is 1. The number of fused-ring (bicyclic) bond motifs is 1. The van der Waals surface area contributed by atoms with Gasteiger partial charge in [-0.1, -0.05) is 72.8 Å². The Morgan fingerprint density at radius 3 is 2.62 bits per heavy atom. The van der Waals surface area contributed by atoms with Crippen molar-refractivity contribution >= 4 is 22.9 Å². The number of alkyl carbamates (subject to hydrolysis) is 1. The highest BCUT2D eigenvalue weighted by molar-refractivity contribution is 5.92. The molecule has 0 aromatic heterocycles. The quantitative estimate of drug-likeness (QED) is 0.625. The number of rotatable bonds is 6. The van der Waals surface area contributed by atoms with E-state index in [9.17, 15) is 9.90 Å². The molecule has 0 radical (unpaired) electrons. The van der Waals surface area contributed by atoms with Gasteiger partial charge in [-0.3, -0.25) is 0 Å². The second-order valence-corrected chi connectivity index (χ2v) is 5.90. The van der Waals surface area contributed by atoms with Crippen LogP contribution in [0.1, 0.15) is 17.5 Å². The van der Waals surface area contributed by atoms with Gasteiger partial charge in [-0.05, 0) is 28.8 Å². The minimum absolute atomic E-state index is 0.246. The third kappa shape index (κ3) is 4.63. The molecule has 0 saturated heterocycles. The number of hydrogen-bond acceptors (Lipinski definition) is 3. The van der Waals surface area contributed by atoms with Gasteiger partial charge in [0.05, 0.1) is 0 Å². The summed E-state index contributed by atoms with van der Waals surface area (Å²) in [7, 11) is 0. The van der Waals surface area contributed by atoms with E-state index in [0.29, 0.717) is 13.0 Å². The molecule has 1 amide bonds. The van der Waals surface area contributed by atoms with Gasteiger partial charge in [-0.2, -0.15) is 0 Å². The Kier molecular flexibility index (Phi) is 5.88. The summed E-state index contributed by atoms with van der Waals surface area (Å²) in [4.78, 5) is 11.7. The first kappa shape index (κ1) is 17.5. The van der Waals surface area contributed by atoms with Crippen molar-refractivity contribution in [3.05, 3.63) is 83.9 Å². The van der Waals surface area contributed by atoms with E-state index in [1.165, 1.54) is 0 Å². The number of phenols is 1. The average Bonchev–Trinajstić information content (AvgIpc) is 2.68. The molecule has 2 N–H and O–H groups in total. The molecule has 0 aliphatic carbocycles. The molecule has 0 saturated carbocycles. The average molecular weight is 347 g/mol. The van der Waals surface area contributed by atoms with Crippen LogP contribution in [0.3, 0.4) is 0 Å². The number of carbonyl (C=O) groups is 1. The molecular formula is C22H21NO3. The topological polar surface area (TPSA) is 58.6 Å². The van der Waals surface area contributed by atoms with Gasteiger partial charge >= 0.3 is 6.09 Å². The fraction of sp³-hybridized carbons (Fsp3) is 0.136.